The van der Waals surface area contributed by atoms with E-state index in [1.54, 1.807) is 12.1 Å². The van der Waals surface area contributed by atoms with Gasteiger partial charge in [-0.05, 0) is 36.8 Å². The lowest BCUT2D eigenvalue weighted by Gasteiger charge is -2.15. The predicted molar refractivity (Wildman–Crippen MR) is 125 cm³/mol. The summed E-state index contributed by atoms with van der Waals surface area (Å²) in [6.07, 6.45) is 1.26. The molecule has 0 fully saturated rings. The molecule has 8 nitrogen and oxygen atoms in total. The zero-order valence-corrected chi connectivity index (χ0v) is 19.6. The van der Waals surface area contributed by atoms with E-state index in [0.29, 0.717) is 5.56 Å². The van der Waals surface area contributed by atoms with Gasteiger partial charge in [0.15, 0.2) is 34.8 Å². The van der Waals surface area contributed by atoms with Gasteiger partial charge >= 0.3 is 0 Å². The Morgan fingerprint density at radius 3 is 2.16 bits per heavy atom. The van der Waals surface area contributed by atoms with Crippen LogP contribution in [0.4, 0.5) is 33.3 Å². The van der Waals surface area contributed by atoms with Crippen molar-refractivity contribution in [1.29, 1.82) is 0 Å². The molecule has 1 aliphatic rings. The monoisotopic (exact) mass is 533 g/mol. The minimum Gasteiger partial charge on any atom is -0.493 e. The first kappa shape index (κ1) is 26.3. The number of hydrogen-bond acceptors (Lipinski definition) is 6. The summed E-state index contributed by atoms with van der Waals surface area (Å²) < 4.78 is 80.7. The number of nitro groups is 1. The van der Waals surface area contributed by atoms with Crippen molar-refractivity contribution in [3.05, 3.63) is 98.4 Å². The first-order chi connectivity index (χ1) is 18.0. The number of hydrogen-bond donors (Lipinski definition) is 0. The van der Waals surface area contributed by atoms with Gasteiger partial charge in [-0.2, -0.15) is 10.1 Å². The number of hydrazone groups is 1. The fraction of sp³-hybridized carbons (Fsp3) is 0.120. The molecule has 196 valence electrons. The highest BCUT2D eigenvalue weighted by molar-refractivity contribution is 6.32. The van der Waals surface area contributed by atoms with E-state index in [4.69, 9.17) is 9.47 Å². The Kier molecular flexibility index (Phi) is 7.10. The quantitative estimate of drug-likeness (QED) is 0.0973. The Morgan fingerprint density at radius 2 is 1.58 bits per heavy atom. The Hall–Kier alpha value is -4.81. The van der Waals surface area contributed by atoms with Gasteiger partial charge in [-0.25, -0.2) is 22.0 Å². The summed E-state index contributed by atoms with van der Waals surface area (Å²) >= 11 is 0. The average molecular weight is 533 g/mol. The van der Waals surface area contributed by atoms with Gasteiger partial charge in [0.1, 0.15) is 12.3 Å². The lowest BCUT2D eigenvalue weighted by atomic mass is 10.1. The van der Waals surface area contributed by atoms with E-state index >= 15 is 0 Å². The highest BCUT2D eigenvalue weighted by Gasteiger charge is 2.37. The Balaban J connectivity index is 1.69. The fourth-order valence-corrected chi connectivity index (χ4v) is 3.60. The number of amides is 1. The molecule has 4 rings (SSSR count). The number of ether oxygens (including phenoxy) is 2. The molecule has 3 aromatic carbocycles. The molecule has 38 heavy (non-hydrogen) atoms. The number of methoxy groups -OCH3 is 1. The third-order valence-corrected chi connectivity index (χ3v) is 5.52. The van der Waals surface area contributed by atoms with Gasteiger partial charge in [0.25, 0.3) is 11.6 Å². The van der Waals surface area contributed by atoms with E-state index in [1.165, 1.54) is 50.4 Å². The van der Waals surface area contributed by atoms with Gasteiger partial charge in [0, 0.05) is 17.7 Å². The summed E-state index contributed by atoms with van der Waals surface area (Å²) in [5, 5.41) is 14.7. The van der Waals surface area contributed by atoms with Crippen LogP contribution >= 0.6 is 0 Å². The molecule has 0 N–H and O–H groups in total. The fourth-order valence-electron chi connectivity index (χ4n) is 3.60. The molecule has 0 saturated heterocycles. The smallest absolute Gasteiger partial charge is 0.280 e. The van der Waals surface area contributed by atoms with Crippen molar-refractivity contribution in [3.8, 4) is 11.5 Å². The van der Waals surface area contributed by atoms with Crippen LogP contribution in [-0.4, -0.2) is 23.7 Å². The van der Waals surface area contributed by atoms with Crippen LogP contribution in [0, 0.1) is 39.2 Å². The largest absolute Gasteiger partial charge is 0.493 e. The van der Waals surface area contributed by atoms with Crippen molar-refractivity contribution in [2.24, 2.45) is 5.10 Å². The highest BCUT2D eigenvalue weighted by Crippen LogP contribution is 2.37. The molecule has 1 amide bonds. The van der Waals surface area contributed by atoms with Crippen molar-refractivity contribution in [3.63, 3.8) is 0 Å². The highest BCUT2D eigenvalue weighted by atomic mass is 19.2. The second-order valence-corrected chi connectivity index (χ2v) is 7.87. The van der Waals surface area contributed by atoms with E-state index in [1.807, 2.05) is 0 Å². The van der Waals surface area contributed by atoms with Crippen molar-refractivity contribution < 1.29 is 41.1 Å². The van der Waals surface area contributed by atoms with Gasteiger partial charge < -0.3 is 9.47 Å². The maximum Gasteiger partial charge on any atom is 0.280 e. The van der Waals surface area contributed by atoms with Crippen LogP contribution in [0.5, 0.6) is 11.5 Å². The summed E-state index contributed by atoms with van der Waals surface area (Å²) in [6, 6.07) is 10.2. The number of nitro benzene ring substituents is 1. The van der Waals surface area contributed by atoms with Crippen LogP contribution in [0.15, 0.2) is 53.1 Å². The Morgan fingerprint density at radius 1 is 0.974 bits per heavy atom. The van der Waals surface area contributed by atoms with Crippen molar-refractivity contribution in [2.45, 2.75) is 13.5 Å². The molecule has 0 unspecified atom stereocenters. The van der Waals surface area contributed by atoms with E-state index in [0.717, 1.165) is 0 Å². The maximum atomic E-state index is 14.3. The molecular formula is C25H16F5N3O5. The summed E-state index contributed by atoms with van der Waals surface area (Å²) in [5.74, 6) is -12.0. The normalized spacial score (nSPS) is 14.2. The second kappa shape index (κ2) is 10.3. The lowest BCUT2D eigenvalue weighted by Crippen LogP contribution is -2.25. The van der Waals surface area contributed by atoms with Crippen molar-refractivity contribution >= 4 is 29.1 Å². The SMILES string of the molecule is COc1cccc(/C=C2\C(=O)N(c3c(F)c(F)c(F)c(F)c3F)N=C2C)c1OCc1ccc([N+](=O)[O-])cc1. The molecule has 0 aromatic heterocycles. The van der Waals surface area contributed by atoms with E-state index in [-0.39, 0.29) is 45.7 Å². The number of para-hydroxylation sites is 1. The van der Waals surface area contributed by atoms with E-state index < -0.39 is 45.6 Å². The number of non-ortho nitro benzene ring substituents is 1. The molecule has 1 heterocycles. The third-order valence-electron chi connectivity index (χ3n) is 5.52. The van der Waals surface area contributed by atoms with Crippen molar-refractivity contribution in [1.82, 2.24) is 0 Å². The lowest BCUT2D eigenvalue weighted by molar-refractivity contribution is -0.384. The van der Waals surface area contributed by atoms with Crippen LogP contribution in [0.25, 0.3) is 6.08 Å². The van der Waals surface area contributed by atoms with Crippen LogP contribution in [0.3, 0.4) is 0 Å². The van der Waals surface area contributed by atoms with Crippen LogP contribution in [-0.2, 0) is 11.4 Å². The van der Waals surface area contributed by atoms with Gasteiger partial charge in [-0.3, -0.25) is 14.9 Å². The number of carbonyl (C=O) groups is 1. The van der Waals surface area contributed by atoms with Gasteiger partial charge in [0.05, 0.1) is 23.3 Å². The van der Waals surface area contributed by atoms with Gasteiger partial charge in [-0.15, -0.1) is 0 Å². The summed E-state index contributed by atoms with van der Waals surface area (Å²) in [6.45, 7) is 1.26. The van der Waals surface area contributed by atoms with E-state index in [2.05, 4.69) is 5.10 Å². The molecule has 0 bridgehead atoms. The summed E-state index contributed by atoms with van der Waals surface area (Å²) in [5.41, 5.74) is -1.04. The first-order valence-corrected chi connectivity index (χ1v) is 10.7. The molecule has 1 aliphatic heterocycles. The number of nitrogens with zero attached hydrogens (tertiary/aromatic N) is 3. The number of halogens is 5. The Labute approximate surface area is 211 Å². The van der Waals surface area contributed by atoms with Crippen LogP contribution < -0.4 is 14.5 Å². The van der Waals surface area contributed by atoms with Gasteiger partial charge in [-0.1, -0.05) is 12.1 Å². The average Bonchev–Trinajstić information content (AvgIpc) is 3.18. The van der Waals surface area contributed by atoms with Crippen LogP contribution in [0.1, 0.15) is 18.1 Å². The second-order valence-electron chi connectivity index (χ2n) is 7.87. The zero-order chi connectivity index (χ0) is 27.7. The standard InChI is InChI=1S/C25H16F5N3O5/c1-12-16(25(34)32(31-12)23-21(29)19(27)18(26)20(28)22(23)30)10-14-4-3-5-17(37-2)24(14)38-11-13-6-8-15(9-7-13)33(35)36/h3-10H,11H2,1-2H3/b16-10-. The minimum absolute atomic E-state index is 0.0494. The molecule has 0 atom stereocenters. The third kappa shape index (κ3) is 4.65. The number of carbonyl (C=O) groups excluding carboxylic acids is 1. The molecule has 13 heteroatoms. The minimum atomic E-state index is -2.36. The molecule has 0 radical (unpaired) electrons. The van der Waals surface area contributed by atoms with Crippen LogP contribution in [0.2, 0.25) is 0 Å². The first-order valence-electron chi connectivity index (χ1n) is 10.7. The topological polar surface area (TPSA) is 94.3 Å². The van der Waals surface area contributed by atoms with E-state index in [9.17, 15) is 36.9 Å². The molecule has 3 aromatic rings. The van der Waals surface area contributed by atoms with Gasteiger partial charge in [0.2, 0.25) is 5.82 Å². The number of anilines is 1. The maximum absolute atomic E-state index is 14.3. The van der Waals surface area contributed by atoms with Crippen molar-refractivity contribution in [2.75, 3.05) is 12.1 Å². The zero-order valence-electron chi connectivity index (χ0n) is 19.6. The summed E-state index contributed by atoms with van der Waals surface area (Å²) in [4.78, 5) is 23.3. The number of benzene rings is 3. The molecular weight excluding hydrogens is 517 g/mol. The summed E-state index contributed by atoms with van der Waals surface area (Å²) in [7, 11) is 1.36. The number of rotatable bonds is 7. The predicted octanol–water partition coefficient (Wildman–Crippen LogP) is 5.68. The molecule has 0 aliphatic carbocycles. The Bertz CT molecular complexity index is 1490. The molecule has 0 spiro atoms. The molecule has 0 saturated carbocycles.